The molecule has 10 heteroatoms. The number of fused-ring (bicyclic) bond motifs is 1. The summed E-state index contributed by atoms with van der Waals surface area (Å²) in [6, 6.07) is 9.13. The van der Waals surface area contributed by atoms with Crippen molar-refractivity contribution in [3.8, 4) is 0 Å². The van der Waals surface area contributed by atoms with Gasteiger partial charge in [-0.2, -0.15) is 0 Å². The van der Waals surface area contributed by atoms with E-state index in [1.165, 1.54) is 22.7 Å². The van der Waals surface area contributed by atoms with Crippen LogP contribution in [0.25, 0.3) is 0 Å². The first-order valence-electron chi connectivity index (χ1n) is 10.4. The Balaban J connectivity index is 1.61. The zero-order valence-corrected chi connectivity index (χ0v) is 18.3. The average molecular weight is 458 g/mol. The van der Waals surface area contributed by atoms with E-state index in [2.05, 4.69) is 5.32 Å². The molecule has 32 heavy (non-hydrogen) atoms. The van der Waals surface area contributed by atoms with Crippen LogP contribution in [0.1, 0.15) is 26.2 Å². The van der Waals surface area contributed by atoms with Gasteiger partial charge in [0.25, 0.3) is 5.91 Å². The molecule has 0 bridgehead atoms. The number of ether oxygens (including phenoxy) is 1. The van der Waals surface area contributed by atoms with Crippen molar-refractivity contribution in [2.24, 2.45) is 0 Å². The first kappa shape index (κ1) is 21.9. The van der Waals surface area contributed by atoms with Crippen molar-refractivity contribution in [2.75, 3.05) is 18.1 Å². The molecule has 2 atom stereocenters. The number of anilines is 1. The monoisotopic (exact) mass is 457 g/mol. The Kier molecular flexibility index (Phi) is 6.22. The summed E-state index contributed by atoms with van der Waals surface area (Å²) in [5.74, 6) is -1.83. The fourth-order valence-corrected chi connectivity index (χ4v) is 5.09. The number of rotatable bonds is 7. The van der Waals surface area contributed by atoms with E-state index in [4.69, 9.17) is 4.74 Å². The minimum Gasteiger partial charge on any atom is -0.477 e. The number of carboxylic acids is 1. The minimum atomic E-state index is -1.28. The number of amides is 3. The Morgan fingerprint density at radius 3 is 2.66 bits per heavy atom. The van der Waals surface area contributed by atoms with Gasteiger partial charge in [0.1, 0.15) is 11.1 Å². The first-order valence-corrected chi connectivity index (χ1v) is 11.3. The molecule has 3 amide bonds. The lowest BCUT2D eigenvalue weighted by Crippen LogP contribution is -2.57. The summed E-state index contributed by atoms with van der Waals surface area (Å²) in [5, 5.41) is 11.4. The second-order valence-electron chi connectivity index (χ2n) is 7.58. The molecule has 9 nitrogen and oxygen atoms in total. The number of unbranched alkanes of at least 4 members (excludes halogenated alkanes) is 1. The molecule has 3 aliphatic heterocycles. The molecule has 0 aromatic heterocycles. The van der Waals surface area contributed by atoms with Gasteiger partial charge in [-0.3, -0.25) is 14.5 Å². The summed E-state index contributed by atoms with van der Waals surface area (Å²) in [6.45, 7) is 2.53. The van der Waals surface area contributed by atoms with E-state index in [1.807, 2.05) is 37.3 Å². The van der Waals surface area contributed by atoms with Crippen LogP contribution in [0.4, 0.5) is 10.5 Å². The lowest BCUT2D eigenvalue weighted by atomic mass is 9.98. The minimum absolute atomic E-state index is 0.190. The van der Waals surface area contributed by atoms with Crippen LogP contribution in [-0.2, 0) is 19.1 Å². The summed E-state index contributed by atoms with van der Waals surface area (Å²) in [5.41, 5.74) is 1.14. The van der Waals surface area contributed by atoms with Gasteiger partial charge < -0.3 is 20.1 Å². The molecule has 3 aliphatic rings. The summed E-state index contributed by atoms with van der Waals surface area (Å²) >= 11 is 1.26. The molecular formula is C22H23N3O6S. The van der Waals surface area contributed by atoms with Gasteiger partial charge in [0.2, 0.25) is 5.91 Å². The van der Waals surface area contributed by atoms with E-state index in [0.29, 0.717) is 18.5 Å². The molecule has 2 unspecified atom stereocenters. The van der Waals surface area contributed by atoms with Crippen LogP contribution in [0.2, 0.25) is 0 Å². The van der Waals surface area contributed by atoms with Gasteiger partial charge in [-0.25, -0.2) is 9.59 Å². The standard InChI is InChI=1S/C22H23N3O6S/c1-2-3-9-31-22(30)23-19-15(18(21(28)29)25-16(26)11-17(25)32-19)10-13-12-24(20(13)27)14-7-5-4-6-8-14/h4-8,10,17,19H,2-3,9,11-12H2,1H3,(H,23,30)(H,28,29). The Morgan fingerprint density at radius 1 is 1.28 bits per heavy atom. The summed E-state index contributed by atoms with van der Waals surface area (Å²) in [6.07, 6.45) is 2.59. The van der Waals surface area contributed by atoms with E-state index in [0.717, 1.165) is 12.1 Å². The second-order valence-corrected chi connectivity index (χ2v) is 8.87. The second kappa shape index (κ2) is 9.07. The van der Waals surface area contributed by atoms with Gasteiger partial charge in [0.15, 0.2) is 0 Å². The van der Waals surface area contributed by atoms with Crippen LogP contribution < -0.4 is 10.2 Å². The molecule has 0 aliphatic carbocycles. The third kappa shape index (κ3) is 4.10. The number of hydrogen-bond acceptors (Lipinski definition) is 6. The number of thioether (sulfide) groups is 1. The Morgan fingerprint density at radius 2 is 2.03 bits per heavy atom. The lowest BCUT2D eigenvalue weighted by molar-refractivity contribution is -0.146. The third-order valence-corrected chi connectivity index (χ3v) is 6.76. The van der Waals surface area contributed by atoms with Gasteiger partial charge in [-0.1, -0.05) is 31.5 Å². The number of nitrogens with one attached hydrogen (secondary N) is 1. The number of β-lactam (4-membered cyclic amide) rings is 2. The van der Waals surface area contributed by atoms with Gasteiger partial charge in [0.05, 0.1) is 24.9 Å². The van der Waals surface area contributed by atoms with E-state index >= 15 is 0 Å². The molecule has 0 spiro atoms. The number of nitrogens with zero attached hydrogens (tertiary/aromatic N) is 2. The highest BCUT2D eigenvalue weighted by Gasteiger charge is 2.49. The molecule has 0 radical (unpaired) electrons. The highest BCUT2D eigenvalue weighted by atomic mass is 32.2. The maximum Gasteiger partial charge on any atom is 0.408 e. The van der Waals surface area contributed by atoms with Crippen LogP contribution in [0.3, 0.4) is 0 Å². The van der Waals surface area contributed by atoms with Crippen molar-refractivity contribution in [3.05, 3.63) is 53.3 Å². The van der Waals surface area contributed by atoms with Gasteiger partial charge in [-0.15, -0.1) is 11.8 Å². The van der Waals surface area contributed by atoms with Gasteiger partial charge in [0, 0.05) is 16.8 Å². The number of benzene rings is 1. The summed E-state index contributed by atoms with van der Waals surface area (Å²) in [7, 11) is 0. The number of aliphatic carboxylic acids is 1. The molecule has 0 saturated carbocycles. The van der Waals surface area contributed by atoms with Crippen LogP contribution in [-0.4, -0.2) is 57.8 Å². The number of carboxylic acid groups (broad SMARTS) is 1. The van der Waals surface area contributed by atoms with Crippen molar-refractivity contribution in [1.29, 1.82) is 0 Å². The molecule has 2 saturated heterocycles. The Labute approximate surface area is 189 Å². The highest BCUT2D eigenvalue weighted by Crippen LogP contribution is 2.44. The number of carbonyl (C=O) groups excluding carboxylic acids is 3. The average Bonchev–Trinajstić information content (AvgIpc) is 2.76. The smallest absolute Gasteiger partial charge is 0.408 e. The SMILES string of the molecule is CCCCOC(=O)NC1SC2CC(=O)N2C(C(=O)O)=C1C=C1CN(c2ccccc2)C1=O. The van der Waals surface area contributed by atoms with Crippen molar-refractivity contribution in [1.82, 2.24) is 10.2 Å². The topological polar surface area (TPSA) is 116 Å². The number of carbonyl (C=O) groups is 4. The zero-order chi connectivity index (χ0) is 22.8. The number of para-hydroxylation sites is 1. The molecule has 4 rings (SSSR count). The van der Waals surface area contributed by atoms with Crippen molar-refractivity contribution < 1.29 is 29.0 Å². The third-order valence-electron chi connectivity index (χ3n) is 5.42. The molecule has 2 N–H and O–H groups in total. The fraction of sp³-hybridized carbons (Fsp3) is 0.364. The van der Waals surface area contributed by atoms with Crippen LogP contribution in [0.15, 0.2) is 53.3 Å². The molecule has 2 fully saturated rings. The van der Waals surface area contributed by atoms with Gasteiger partial charge in [-0.05, 0) is 24.6 Å². The lowest BCUT2D eigenvalue weighted by Gasteiger charge is -2.46. The predicted molar refractivity (Wildman–Crippen MR) is 118 cm³/mol. The number of hydrogen-bond donors (Lipinski definition) is 2. The van der Waals surface area contributed by atoms with Crippen molar-refractivity contribution in [3.63, 3.8) is 0 Å². The zero-order valence-electron chi connectivity index (χ0n) is 17.4. The maximum absolute atomic E-state index is 12.7. The van der Waals surface area contributed by atoms with E-state index < -0.39 is 17.4 Å². The van der Waals surface area contributed by atoms with Crippen LogP contribution in [0, 0.1) is 0 Å². The van der Waals surface area contributed by atoms with Gasteiger partial charge >= 0.3 is 12.1 Å². The Bertz CT molecular complexity index is 1020. The normalized spacial score (nSPS) is 23.5. The van der Waals surface area contributed by atoms with Crippen molar-refractivity contribution >= 4 is 41.3 Å². The largest absolute Gasteiger partial charge is 0.477 e. The summed E-state index contributed by atoms with van der Waals surface area (Å²) in [4.78, 5) is 52.0. The molecule has 3 heterocycles. The first-order chi connectivity index (χ1) is 15.4. The van der Waals surface area contributed by atoms with E-state index in [9.17, 15) is 24.3 Å². The molecule has 1 aromatic rings. The molecule has 168 valence electrons. The maximum atomic E-state index is 12.7. The number of alkyl carbamates (subject to hydrolysis) is 1. The Hall–Kier alpha value is -3.27. The quantitative estimate of drug-likeness (QED) is 0.367. The molecule has 1 aromatic carbocycles. The van der Waals surface area contributed by atoms with E-state index in [1.54, 1.807) is 4.90 Å². The predicted octanol–water partition coefficient (Wildman–Crippen LogP) is 2.46. The fourth-order valence-electron chi connectivity index (χ4n) is 3.70. The van der Waals surface area contributed by atoms with E-state index in [-0.39, 0.29) is 41.5 Å². The van der Waals surface area contributed by atoms with Crippen LogP contribution in [0.5, 0.6) is 0 Å². The van der Waals surface area contributed by atoms with Crippen LogP contribution >= 0.6 is 11.8 Å². The van der Waals surface area contributed by atoms with Crippen molar-refractivity contribution in [2.45, 2.75) is 36.9 Å². The molecular weight excluding hydrogens is 434 g/mol. The highest BCUT2D eigenvalue weighted by molar-refractivity contribution is 8.00. The summed E-state index contributed by atoms with van der Waals surface area (Å²) < 4.78 is 5.16.